The van der Waals surface area contributed by atoms with E-state index in [9.17, 15) is 0 Å². The van der Waals surface area contributed by atoms with E-state index >= 15 is 0 Å². The van der Waals surface area contributed by atoms with E-state index in [1.165, 1.54) is 0 Å². The molecule has 18 heavy (non-hydrogen) atoms. The number of nitrogens with zero attached hydrogens (tertiary/aromatic N) is 1. The Hall–Kier alpha value is -1.07. The van der Waals surface area contributed by atoms with Crippen LogP contribution in [0, 0.1) is 0 Å². The minimum absolute atomic E-state index is 0.500. The molecule has 1 aromatic carbocycles. The fraction of sp³-hybridized carbons (Fsp3) is 0.250. The number of hydrogen-bond acceptors (Lipinski definition) is 3. The Morgan fingerprint density at radius 1 is 1.06 bits per heavy atom. The highest BCUT2D eigenvalue weighted by Crippen LogP contribution is 2.19. The summed E-state index contributed by atoms with van der Waals surface area (Å²) in [5, 5.41) is 1.21. The molecule has 3 rings (SSSR count). The third kappa shape index (κ3) is 7.29. The third-order valence-corrected chi connectivity index (χ3v) is 2.52. The maximum atomic E-state index is 5.58. The van der Waals surface area contributed by atoms with Crippen LogP contribution >= 0.6 is 23.2 Å². The molecule has 4 nitrogen and oxygen atoms in total. The summed E-state index contributed by atoms with van der Waals surface area (Å²) in [4.78, 5) is 6.42. The second-order valence-corrected chi connectivity index (χ2v) is 3.92. The van der Waals surface area contributed by atoms with Crippen LogP contribution in [-0.2, 0) is 9.47 Å². The molecule has 1 fully saturated rings. The second-order valence-electron chi connectivity index (χ2n) is 3.11. The lowest BCUT2D eigenvalue weighted by atomic mass is 10.4. The first-order valence-electron chi connectivity index (χ1n) is 5.29. The van der Waals surface area contributed by atoms with Gasteiger partial charge in [0, 0.05) is 12.4 Å². The van der Waals surface area contributed by atoms with Crippen molar-refractivity contribution in [3.05, 3.63) is 53.0 Å². The van der Waals surface area contributed by atoms with E-state index in [2.05, 4.69) is 9.97 Å². The van der Waals surface area contributed by atoms with Crippen molar-refractivity contribution in [1.29, 1.82) is 0 Å². The lowest BCUT2D eigenvalue weighted by Gasteiger charge is -1.88. The Balaban J connectivity index is 0.000000141. The van der Waals surface area contributed by atoms with E-state index in [1.807, 2.05) is 12.1 Å². The average Bonchev–Trinajstić information content (AvgIpc) is 3.11. The number of aromatic amines is 1. The predicted molar refractivity (Wildman–Crippen MR) is 71.8 cm³/mol. The van der Waals surface area contributed by atoms with Gasteiger partial charge in [0.05, 0.1) is 29.6 Å². The SMILES string of the molecule is C1COCO1.Clc1ccccc1Cl.c1c[nH]cn1. The van der Waals surface area contributed by atoms with Crippen molar-refractivity contribution in [2.75, 3.05) is 20.0 Å². The van der Waals surface area contributed by atoms with Gasteiger partial charge in [0.1, 0.15) is 6.79 Å². The van der Waals surface area contributed by atoms with Gasteiger partial charge in [-0.2, -0.15) is 0 Å². The zero-order chi connectivity index (χ0) is 13.1. The van der Waals surface area contributed by atoms with Gasteiger partial charge in [0.2, 0.25) is 0 Å². The van der Waals surface area contributed by atoms with Crippen molar-refractivity contribution in [3.8, 4) is 0 Å². The Labute approximate surface area is 116 Å². The van der Waals surface area contributed by atoms with Gasteiger partial charge in [0.15, 0.2) is 0 Å². The molecule has 2 aromatic rings. The molecular formula is C12H14Cl2N2O2. The summed E-state index contributed by atoms with van der Waals surface area (Å²) in [5.74, 6) is 0. The molecule has 0 radical (unpaired) electrons. The molecular weight excluding hydrogens is 275 g/mol. The standard InChI is InChI=1S/C6H4Cl2.C3H4N2.C3H6O2/c7-5-3-1-2-4-6(5)8;2*1-2-5-3-4-1/h1-4H;1-3H,(H,4,5);1-3H2. The van der Waals surface area contributed by atoms with Crippen LogP contribution in [0.2, 0.25) is 10.0 Å². The number of benzene rings is 1. The molecule has 0 aliphatic carbocycles. The number of rotatable bonds is 0. The highest BCUT2D eigenvalue weighted by molar-refractivity contribution is 6.41. The number of H-pyrrole nitrogens is 1. The smallest absolute Gasteiger partial charge is 0.146 e. The first kappa shape index (κ1) is 15.0. The third-order valence-electron chi connectivity index (χ3n) is 1.77. The van der Waals surface area contributed by atoms with E-state index in [-0.39, 0.29) is 0 Å². The summed E-state index contributed by atoms with van der Waals surface area (Å²) in [7, 11) is 0. The molecule has 0 unspecified atom stereocenters. The van der Waals surface area contributed by atoms with Crippen LogP contribution in [0.1, 0.15) is 0 Å². The van der Waals surface area contributed by atoms with Crippen LogP contribution in [0.3, 0.4) is 0 Å². The Kier molecular flexibility index (Phi) is 8.25. The molecule has 2 heterocycles. The molecule has 0 spiro atoms. The maximum Gasteiger partial charge on any atom is 0.146 e. The lowest BCUT2D eigenvalue weighted by Crippen LogP contribution is -1.79. The summed E-state index contributed by atoms with van der Waals surface area (Å²) in [6.45, 7) is 2.06. The summed E-state index contributed by atoms with van der Waals surface area (Å²) in [5.41, 5.74) is 0. The first-order chi connectivity index (χ1) is 8.80. The van der Waals surface area contributed by atoms with Gasteiger partial charge in [-0.25, -0.2) is 4.98 Å². The normalized spacial score (nSPS) is 13.0. The van der Waals surface area contributed by atoms with Crippen LogP contribution in [0.25, 0.3) is 0 Å². The molecule has 98 valence electrons. The first-order valence-corrected chi connectivity index (χ1v) is 6.04. The number of halogens is 2. The van der Waals surface area contributed by atoms with Gasteiger partial charge in [-0.1, -0.05) is 35.3 Å². The molecule has 6 heteroatoms. The predicted octanol–water partition coefficient (Wildman–Crippen LogP) is 3.39. The van der Waals surface area contributed by atoms with E-state index in [4.69, 9.17) is 32.7 Å². The molecule has 0 amide bonds. The van der Waals surface area contributed by atoms with Crippen molar-refractivity contribution < 1.29 is 9.47 Å². The minimum Gasteiger partial charge on any atom is -0.353 e. The summed E-state index contributed by atoms with van der Waals surface area (Å²) in [6.07, 6.45) is 5.08. The van der Waals surface area contributed by atoms with Gasteiger partial charge in [0.25, 0.3) is 0 Å². The van der Waals surface area contributed by atoms with Crippen molar-refractivity contribution >= 4 is 23.2 Å². The fourth-order valence-electron chi connectivity index (χ4n) is 0.949. The topological polar surface area (TPSA) is 47.1 Å². The zero-order valence-electron chi connectivity index (χ0n) is 9.68. The highest BCUT2D eigenvalue weighted by atomic mass is 35.5. The fourth-order valence-corrected chi connectivity index (χ4v) is 1.22. The number of nitrogens with one attached hydrogen (secondary N) is 1. The molecule has 1 saturated heterocycles. The Bertz CT molecular complexity index is 360. The highest BCUT2D eigenvalue weighted by Gasteiger charge is 1.93. The van der Waals surface area contributed by atoms with Gasteiger partial charge >= 0.3 is 0 Å². The summed E-state index contributed by atoms with van der Waals surface area (Å²) in [6, 6.07) is 7.19. The van der Waals surface area contributed by atoms with E-state index in [0.29, 0.717) is 16.8 Å². The van der Waals surface area contributed by atoms with Gasteiger partial charge in [-0.3, -0.25) is 0 Å². The monoisotopic (exact) mass is 288 g/mol. The lowest BCUT2D eigenvalue weighted by molar-refractivity contribution is 0.0692. The molecule has 0 saturated carbocycles. The zero-order valence-corrected chi connectivity index (χ0v) is 11.2. The molecule has 1 aliphatic rings. The summed E-state index contributed by atoms with van der Waals surface area (Å²) >= 11 is 11.2. The Morgan fingerprint density at radius 2 is 1.67 bits per heavy atom. The van der Waals surface area contributed by atoms with E-state index < -0.39 is 0 Å². The maximum absolute atomic E-state index is 5.58. The average molecular weight is 289 g/mol. The van der Waals surface area contributed by atoms with Gasteiger partial charge < -0.3 is 14.5 Å². The number of imidazole rings is 1. The van der Waals surface area contributed by atoms with Crippen LogP contribution in [0.5, 0.6) is 0 Å². The minimum atomic E-state index is 0.500. The van der Waals surface area contributed by atoms with Crippen molar-refractivity contribution in [3.63, 3.8) is 0 Å². The molecule has 1 aliphatic heterocycles. The van der Waals surface area contributed by atoms with Crippen molar-refractivity contribution in [2.45, 2.75) is 0 Å². The van der Waals surface area contributed by atoms with Crippen molar-refractivity contribution in [1.82, 2.24) is 9.97 Å². The second kappa shape index (κ2) is 9.91. The molecule has 0 atom stereocenters. The number of hydrogen-bond donors (Lipinski definition) is 1. The number of aromatic nitrogens is 2. The van der Waals surface area contributed by atoms with Gasteiger partial charge in [-0.15, -0.1) is 0 Å². The van der Waals surface area contributed by atoms with E-state index in [1.54, 1.807) is 30.9 Å². The van der Waals surface area contributed by atoms with Crippen LogP contribution < -0.4 is 0 Å². The van der Waals surface area contributed by atoms with Crippen LogP contribution in [0.15, 0.2) is 43.0 Å². The largest absolute Gasteiger partial charge is 0.353 e. The van der Waals surface area contributed by atoms with Crippen LogP contribution in [0.4, 0.5) is 0 Å². The number of ether oxygens (including phenoxy) is 2. The van der Waals surface area contributed by atoms with E-state index in [0.717, 1.165) is 13.2 Å². The van der Waals surface area contributed by atoms with Crippen LogP contribution in [-0.4, -0.2) is 30.0 Å². The van der Waals surface area contributed by atoms with Crippen molar-refractivity contribution in [2.24, 2.45) is 0 Å². The Morgan fingerprint density at radius 3 is 1.89 bits per heavy atom. The molecule has 1 aromatic heterocycles. The molecule has 1 N–H and O–H groups in total. The van der Waals surface area contributed by atoms with Gasteiger partial charge in [-0.05, 0) is 12.1 Å². The quantitative estimate of drug-likeness (QED) is 0.808. The summed E-state index contributed by atoms with van der Waals surface area (Å²) < 4.78 is 9.44. The molecule has 0 bridgehead atoms.